The van der Waals surface area contributed by atoms with E-state index in [1.165, 1.54) is 0 Å². The Morgan fingerprint density at radius 3 is 2.64 bits per heavy atom. The quantitative estimate of drug-likeness (QED) is 0.640. The lowest BCUT2D eigenvalue weighted by Crippen LogP contribution is -2.21. The van der Waals surface area contributed by atoms with Crippen LogP contribution in [0.2, 0.25) is 0 Å². The highest BCUT2D eigenvalue weighted by molar-refractivity contribution is 5.39. The van der Waals surface area contributed by atoms with Crippen LogP contribution in [-0.4, -0.2) is 10.2 Å². The van der Waals surface area contributed by atoms with Gasteiger partial charge in [-0.3, -0.25) is 5.10 Å². The number of hydrogen-bond donors (Lipinski definition) is 1. The van der Waals surface area contributed by atoms with E-state index in [2.05, 4.69) is 23.4 Å². The molecule has 0 fully saturated rings. The molecule has 0 aromatic carbocycles. The molecule has 1 aromatic heterocycles. The van der Waals surface area contributed by atoms with Crippen LogP contribution in [0.15, 0.2) is 31.5 Å². The first-order valence-corrected chi connectivity index (χ1v) is 3.33. The zero-order chi connectivity index (χ0) is 8.10. The second-order valence-corrected chi connectivity index (χ2v) is 2.04. The Morgan fingerprint density at radius 2 is 2.00 bits per heavy atom. The lowest BCUT2D eigenvalue weighted by Gasteiger charge is -1.73. The second-order valence-electron chi connectivity index (χ2n) is 2.04. The Hall–Kier alpha value is -1.57. The smallest absolute Gasteiger partial charge is 0.0650 e. The van der Waals surface area contributed by atoms with Crippen LogP contribution in [0.4, 0.5) is 0 Å². The molecule has 0 unspecified atom stereocenters. The fraction of sp³-hybridized carbons (Fsp3) is 0. The number of allylic oxidation sites excluding steroid dienone is 2. The monoisotopic (exact) mass is 146 g/mol. The molecule has 0 aliphatic rings. The van der Waals surface area contributed by atoms with Crippen molar-refractivity contribution in [2.45, 2.75) is 0 Å². The van der Waals surface area contributed by atoms with Crippen LogP contribution in [0.3, 0.4) is 0 Å². The third kappa shape index (κ3) is 1.67. The molecule has 0 spiro atoms. The van der Waals surface area contributed by atoms with E-state index < -0.39 is 0 Å². The minimum Gasteiger partial charge on any atom is -0.278 e. The maximum Gasteiger partial charge on any atom is 0.0650 e. The molecule has 2 nitrogen and oxygen atoms in total. The van der Waals surface area contributed by atoms with E-state index in [4.69, 9.17) is 0 Å². The van der Waals surface area contributed by atoms with E-state index in [9.17, 15) is 0 Å². The lowest BCUT2D eigenvalue weighted by molar-refractivity contribution is 1.06. The van der Waals surface area contributed by atoms with Crippen molar-refractivity contribution in [3.63, 3.8) is 0 Å². The van der Waals surface area contributed by atoms with E-state index >= 15 is 0 Å². The average Bonchev–Trinajstić information content (AvgIpc) is 2.39. The van der Waals surface area contributed by atoms with Crippen molar-refractivity contribution in [3.05, 3.63) is 42.1 Å². The molecule has 2 heteroatoms. The zero-order valence-electron chi connectivity index (χ0n) is 6.25. The van der Waals surface area contributed by atoms with Gasteiger partial charge >= 0.3 is 0 Å². The summed E-state index contributed by atoms with van der Waals surface area (Å²) < 4.78 is 0. The van der Waals surface area contributed by atoms with Gasteiger partial charge < -0.3 is 0 Å². The summed E-state index contributed by atoms with van der Waals surface area (Å²) in [6.07, 6.45) is 8.94. The third-order valence-electron chi connectivity index (χ3n) is 1.28. The summed E-state index contributed by atoms with van der Waals surface area (Å²) in [6, 6.07) is 0. The van der Waals surface area contributed by atoms with Crippen molar-refractivity contribution in [2.75, 3.05) is 0 Å². The molecule has 1 N–H and O–H groups in total. The molecule has 0 bridgehead atoms. The summed E-state index contributed by atoms with van der Waals surface area (Å²) >= 11 is 0. The van der Waals surface area contributed by atoms with Crippen LogP contribution in [0, 0.1) is 0 Å². The predicted octanol–water partition coefficient (Wildman–Crippen LogP) is 0.343. The highest BCUT2D eigenvalue weighted by Crippen LogP contribution is 1.65. The molecule has 56 valence electrons. The average molecular weight is 146 g/mol. The first kappa shape index (κ1) is 7.54. The Labute approximate surface area is 65.3 Å². The van der Waals surface area contributed by atoms with Crippen LogP contribution in [0.25, 0.3) is 12.2 Å². The molecule has 0 aliphatic heterocycles. The zero-order valence-corrected chi connectivity index (χ0v) is 6.25. The van der Waals surface area contributed by atoms with Crippen LogP contribution >= 0.6 is 0 Å². The number of rotatable bonds is 2. The summed E-state index contributed by atoms with van der Waals surface area (Å²) in [7, 11) is 0. The minimum absolute atomic E-state index is 0.958. The van der Waals surface area contributed by atoms with Crippen molar-refractivity contribution in [2.24, 2.45) is 0 Å². The number of aromatic amines is 1. The Morgan fingerprint density at radius 1 is 1.27 bits per heavy atom. The highest BCUT2D eigenvalue weighted by Gasteiger charge is 1.81. The van der Waals surface area contributed by atoms with Crippen molar-refractivity contribution in [3.8, 4) is 0 Å². The van der Waals surface area contributed by atoms with Gasteiger partial charge in [0.1, 0.15) is 0 Å². The minimum atomic E-state index is 0.958. The van der Waals surface area contributed by atoms with Gasteiger partial charge in [-0.05, 0) is 6.08 Å². The summed E-state index contributed by atoms with van der Waals surface area (Å²) in [5, 5.41) is 8.70. The first-order valence-electron chi connectivity index (χ1n) is 3.33. The molecule has 1 heterocycles. The maximum atomic E-state index is 3.88. The van der Waals surface area contributed by atoms with E-state index in [0.717, 1.165) is 10.6 Å². The van der Waals surface area contributed by atoms with Gasteiger partial charge in [-0.1, -0.05) is 31.4 Å². The van der Waals surface area contributed by atoms with Crippen molar-refractivity contribution in [1.82, 2.24) is 10.2 Å². The van der Waals surface area contributed by atoms with E-state index in [1.54, 1.807) is 18.3 Å². The Kier molecular flexibility index (Phi) is 2.44. The van der Waals surface area contributed by atoms with Gasteiger partial charge in [-0.2, -0.15) is 5.10 Å². The van der Waals surface area contributed by atoms with Gasteiger partial charge in [-0.25, -0.2) is 0 Å². The lowest BCUT2D eigenvalue weighted by atomic mass is 10.3. The molecule has 1 aromatic rings. The molecule has 0 saturated heterocycles. The largest absolute Gasteiger partial charge is 0.278 e. The number of hydrogen-bond acceptors (Lipinski definition) is 1. The van der Waals surface area contributed by atoms with Gasteiger partial charge in [0.15, 0.2) is 0 Å². The summed E-state index contributed by atoms with van der Waals surface area (Å²) in [4.78, 5) is 0. The first-order chi connectivity index (χ1) is 5.38. The van der Waals surface area contributed by atoms with Gasteiger partial charge in [0.05, 0.1) is 11.5 Å². The van der Waals surface area contributed by atoms with Crippen molar-refractivity contribution < 1.29 is 0 Å². The van der Waals surface area contributed by atoms with Crippen molar-refractivity contribution >= 4 is 12.2 Å². The highest BCUT2D eigenvalue weighted by atomic mass is 15.1. The molecular weight excluding hydrogens is 136 g/mol. The van der Waals surface area contributed by atoms with Gasteiger partial charge in [0, 0.05) is 5.22 Å². The topological polar surface area (TPSA) is 28.7 Å². The Bertz CT molecular complexity index is 323. The molecule has 0 aliphatic carbocycles. The summed E-state index contributed by atoms with van der Waals surface area (Å²) in [5.41, 5.74) is 0. The van der Waals surface area contributed by atoms with Crippen molar-refractivity contribution in [1.29, 1.82) is 0 Å². The summed E-state index contributed by atoms with van der Waals surface area (Å²) in [5.74, 6) is 0. The van der Waals surface area contributed by atoms with Gasteiger partial charge in [0.25, 0.3) is 0 Å². The van der Waals surface area contributed by atoms with Crippen LogP contribution in [0.5, 0.6) is 0 Å². The fourth-order valence-corrected chi connectivity index (χ4v) is 0.817. The second kappa shape index (κ2) is 3.56. The SMILES string of the molecule is C=C/C=c1/cn[nH]/c1=C/C=C. The summed E-state index contributed by atoms with van der Waals surface area (Å²) in [6.45, 7) is 7.19. The molecule has 1 rings (SSSR count). The molecular formula is C9H10N2. The van der Waals surface area contributed by atoms with Crippen LogP contribution in [0.1, 0.15) is 0 Å². The van der Waals surface area contributed by atoms with Crippen LogP contribution < -0.4 is 10.6 Å². The van der Waals surface area contributed by atoms with E-state index in [0.29, 0.717) is 0 Å². The number of H-pyrrole nitrogens is 1. The molecule has 0 amide bonds. The number of aromatic nitrogens is 2. The van der Waals surface area contributed by atoms with E-state index in [1.807, 2.05) is 12.2 Å². The van der Waals surface area contributed by atoms with Gasteiger partial charge in [0.2, 0.25) is 0 Å². The van der Waals surface area contributed by atoms with Crippen LogP contribution in [-0.2, 0) is 0 Å². The number of nitrogens with one attached hydrogen (secondary N) is 1. The van der Waals surface area contributed by atoms with Gasteiger partial charge in [-0.15, -0.1) is 0 Å². The Balaban J connectivity index is 3.38. The molecule has 11 heavy (non-hydrogen) atoms. The normalized spacial score (nSPS) is 13.5. The molecule has 0 saturated carbocycles. The predicted molar refractivity (Wildman–Crippen MR) is 47.2 cm³/mol. The molecule has 0 radical (unpaired) electrons. The third-order valence-corrected chi connectivity index (χ3v) is 1.28. The van der Waals surface area contributed by atoms with E-state index in [-0.39, 0.29) is 0 Å². The standard InChI is InChI=1S/C9H10N2/c1-3-5-8-7-10-11-9(8)6-4-2/h3-7,11H,1-2H2/b8-5-,9-6+. The maximum absolute atomic E-state index is 3.88. The number of nitrogens with zero attached hydrogens (tertiary/aromatic N) is 1. The molecule has 0 atom stereocenters. The fourth-order valence-electron chi connectivity index (χ4n) is 0.817.